The van der Waals surface area contributed by atoms with E-state index in [1.54, 1.807) is 11.8 Å². The van der Waals surface area contributed by atoms with Crippen LogP contribution in [0.3, 0.4) is 0 Å². The van der Waals surface area contributed by atoms with Gasteiger partial charge in [-0.05, 0) is 30.6 Å². The van der Waals surface area contributed by atoms with Gasteiger partial charge in [0.05, 0.1) is 16.6 Å². The SMILES string of the molecule is CSCCCNc1cc(C#N)ccc1[N+](=O)[O-]. The summed E-state index contributed by atoms with van der Waals surface area (Å²) in [5, 5.41) is 22.5. The average Bonchev–Trinajstić information content (AvgIpc) is 2.34. The van der Waals surface area contributed by atoms with Gasteiger partial charge < -0.3 is 5.32 Å². The maximum absolute atomic E-state index is 10.8. The number of nitriles is 1. The second-order valence-corrected chi connectivity index (χ2v) is 4.36. The van der Waals surface area contributed by atoms with E-state index in [2.05, 4.69) is 5.32 Å². The third kappa shape index (κ3) is 3.96. The Morgan fingerprint density at radius 1 is 1.59 bits per heavy atom. The molecule has 0 heterocycles. The lowest BCUT2D eigenvalue weighted by Crippen LogP contribution is -2.05. The van der Waals surface area contributed by atoms with Crippen LogP contribution < -0.4 is 5.32 Å². The number of hydrogen-bond donors (Lipinski definition) is 1. The van der Waals surface area contributed by atoms with Crippen LogP contribution in [0.25, 0.3) is 0 Å². The summed E-state index contributed by atoms with van der Waals surface area (Å²) in [6.45, 7) is 0.663. The number of nitro benzene ring substituents is 1. The van der Waals surface area contributed by atoms with Crippen LogP contribution in [-0.4, -0.2) is 23.5 Å². The van der Waals surface area contributed by atoms with E-state index in [9.17, 15) is 10.1 Å². The Bertz CT molecular complexity index is 443. The predicted octanol–water partition coefficient (Wildman–Crippen LogP) is 2.63. The molecule has 0 aromatic heterocycles. The van der Waals surface area contributed by atoms with Crippen LogP contribution in [-0.2, 0) is 0 Å². The quantitative estimate of drug-likeness (QED) is 0.477. The number of anilines is 1. The molecule has 0 aliphatic rings. The van der Waals surface area contributed by atoms with Crippen molar-refractivity contribution in [3.63, 3.8) is 0 Å². The normalized spacial score (nSPS) is 9.65. The van der Waals surface area contributed by atoms with E-state index in [1.165, 1.54) is 18.2 Å². The summed E-state index contributed by atoms with van der Waals surface area (Å²) in [4.78, 5) is 10.3. The zero-order valence-electron chi connectivity index (χ0n) is 9.47. The molecule has 0 aliphatic heterocycles. The molecule has 17 heavy (non-hydrogen) atoms. The number of rotatable bonds is 6. The zero-order valence-corrected chi connectivity index (χ0v) is 10.3. The van der Waals surface area contributed by atoms with Crippen LogP contribution in [0.2, 0.25) is 0 Å². The van der Waals surface area contributed by atoms with Gasteiger partial charge in [0.1, 0.15) is 5.69 Å². The van der Waals surface area contributed by atoms with Gasteiger partial charge in [-0.3, -0.25) is 10.1 Å². The molecule has 0 radical (unpaired) electrons. The average molecular weight is 251 g/mol. The van der Waals surface area contributed by atoms with E-state index >= 15 is 0 Å². The Morgan fingerprint density at radius 3 is 2.94 bits per heavy atom. The fourth-order valence-electron chi connectivity index (χ4n) is 1.35. The molecule has 0 aliphatic carbocycles. The van der Waals surface area contributed by atoms with Crippen molar-refractivity contribution in [1.29, 1.82) is 5.26 Å². The van der Waals surface area contributed by atoms with Crippen LogP contribution >= 0.6 is 11.8 Å². The molecule has 1 rings (SSSR count). The van der Waals surface area contributed by atoms with Crippen molar-refractivity contribution in [3.8, 4) is 6.07 Å². The number of thioether (sulfide) groups is 1. The van der Waals surface area contributed by atoms with Crippen molar-refractivity contribution >= 4 is 23.1 Å². The van der Waals surface area contributed by atoms with Crippen LogP contribution in [0, 0.1) is 21.4 Å². The lowest BCUT2D eigenvalue weighted by molar-refractivity contribution is -0.384. The molecule has 0 saturated carbocycles. The monoisotopic (exact) mass is 251 g/mol. The van der Waals surface area contributed by atoms with Gasteiger partial charge in [0, 0.05) is 12.6 Å². The Labute approximate surface area is 104 Å². The highest BCUT2D eigenvalue weighted by Gasteiger charge is 2.13. The first-order chi connectivity index (χ1) is 8.19. The molecule has 5 nitrogen and oxygen atoms in total. The molecule has 90 valence electrons. The van der Waals surface area contributed by atoms with Crippen molar-refractivity contribution in [3.05, 3.63) is 33.9 Å². The van der Waals surface area contributed by atoms with E-state index < -0.39 is 4.92 Å². The molecule has 1 aromatic carbocycles. The summed E-state index contributed by atoms with van der Waals surface area (Å²) in [6.07, 6.45) is 2.94. The van der Waals surface area contributed by atoms with Gasteiger partial charge in [0.2, 0.25) is 0 Å². The summed E-state index contributed by atoms with van der Waals surface area (Å²) >= 11 is 1.73. The van der Waals surface area contributed by atoms with Gasteiger partial charge in [0.15, 0.2) is 0 Å². The topological polar surface area (TPSA) is 79.0 Å². The lowest BCUT2D eigenvalue weighted by atomic mass is 10.2. The number of benzene rings is 1. The summed E-state index contributed by atoms with van der Waals surface area (Å²) in [7, 11) is 0. The van der Waals surface area contributed by atoms with Gasteiger partial charge in [-0.1, -0.05) is 0 Å². The highest BCUT2D eigenvalue weighted by molar-refractivity contribution is 7.98. The van der Waals surface area contributed by atoms with Gasteiger partial charge in [0.25, 0.3) is 5.69 Å². The second-order valence-electron chi connectivity index (χ2n) is 3.37. The fourth-order valence-corrected chi connectivity index (χ4v) is 1.78. The van der Waals surface area contributed by atoms with E-state index in [-0.39, 0.29) is 5.69 Å². The largest absolute Gasteiger partial charge is 0.379 e. The highest BCUT2D eigenvalue weighted by Crippen LogP contribution is 2.25. The molecule has 6 heteroatoms. The first-order valence-corrected chi connectivity index (χ1v) is 6.49. The Morgan fingerprint density at radius 2 is 2.35 bits per heavy atom. The molecule has 0 fully saturated rings. The van der Waals surface area contributed by atoms with E-state index in [0.717, 1.165) is 12.2 Å². The molecule has 0 spiro atoms. The molecule has 0 atom stereocenters. The van der Waals surface area contributed by atoms with Gasteiger partial charge in [-0.2, -0.15) is 17.0 Å². The standard InChI is InChI=1S/C11H13N3O2S/c1-17-6-2-5-13-10-7-9(8-12)3-4-11(10)14(15)16/h3-4,7,13H,2,5-6H2,1H3. The maximum atomic E-state index is 10.8. The van der Waals surface area contributed by atoms with Crippen LogP contribution in [0.5, 0.6) is 0 Å². The smallest absolute Gasteiger partial charge is 0.292 e. The number of nitrogens with one attached hydrogen (secondary N) is 1. The van der Waals surface area contributed by atoms with Crippen LogP contribution in [0.15, 0.2) is 18.2 Å². The fraction of sp³-hybridized carbons (Fsp3) is 0.364. The summed E-state index contributed by atoms with van der Waals surface area (Å²) in [6, 6.07) is 6.29. The third-order valence-electron chi connectivity index (χ3n) is 2.16. The minimum absolute atomic E-state index is 0.00755. The van der Waals surface area contributed by atoms with Crippen molar-refractivity contribution < 1.29 is 4.92 Å². The van der Waals surface area contributed by atoms with Crippen molar-refractivity contribution in [2.24, 2.45) is 0 Å². The molecular weight excluding hydrogens is 238 g/mol. The first-order valence-electron chi connectivity index (χ1n) is 5.10. The number of nitrogens with zero attached hydrogens (tertiary/aromatic N) is 2. The second kappa shape index (κ2) is 6.76. The minimum atomic E-state index is -0.446. The van der Waals surface area contributed by atoms with Crippen LogP contribution in [0.4, 0.5) is 11.4 Å². The Hall–Kier alpha value is -1.74. The molecular formula is C11H13N3O2S. The lowest BCUT2D eigenvalue weighted by Gasteiger charge is -2.06. The van der Waals surface area contributed by atoms with Crippen molar-refractivity contribution in [1.82, 2.24) is 0 Å². The van der Waals surface area contributed by atoms with Crippen molar-refractivity contribution in [2.45, 2.75) is 6.42 Å². The molecule has 0 saturated heterocycles. The Kier molecular flexibility index (Phi) is 5.30. The van der Waals surface area contributed by atoms with Crippen molar-refractivity contribution in [2.75, 3.05) is 23.9 Å². The van der Waals surface area contributed by atoms with Crippen LogP contribution in [0.1, 0.15) is 12.0 Å². The highest BCUT2D eigenvalue weighted by atomic mass is 32.2. The predicted molar refractivity (Wildman–Crippen MR) is 69.3 cm³/mol. The first kappa shape index (κ1) is 13.3. The summed E-state index contributed by atoms with van der Waals surface area (Å²) in [5.74, 6) is 0.999. The summed E-state index contributed by atoms with van der Waals surface area (Å²) in [5.41, 5.74) is 0.839. The number of hydrogen-bond acceptors (Lipinski definition) is 5. The maximum Gasteiger partial charge on any atom is 0.292 e. The Balaban J connectivity index is 2.79. The molecule has 0 bridgehead atoms. The van der Waals surface area contributed by atoms with Gasteiger partial charge in [-0.25, -0.2) is 0 Å². The summed E-state index contributed by atoms with van der Waals surface area (Å²) < 4.78 is 0. The van der Waals surface area contributed by atoms with E-state index in [4.69, 9.17) is 5.26 Å². The molecule has 1 aromatic rings. The zero-order chi connectivity index (χ0) is 12.7. The minimum Gasteiger partial charge on any atom is -0.379 e. The molecule has 1 N–H and O–H groups in total. The molecule has 0 unspecified atom stereocenters. The molecule has 0 amide bonds. The van der Waals surface area contributed by atoms with E-state index in [0.29, 0.717) is 17.8 Å². The third-order valence-corrected chi connectivity index (χ3v) is 2.86. The van der Waals surface area contributed by atoms with Gasteiger partial charge >= 0.3 is 0 Å². The van der Waals surface area contributed by atoms with Gasteiger partial charge in [-0.15, -0.1) is 0 Å². The van der Waals surface area contributed by atoms with E-state index in [1.807, 2.05) is 12.3 Å². The number of nitro groups is 1.